The molecule has 0 saturated carbocycles. The van der Waals surface area contributed by atoms with E-state index in [1.54, 1.807) is 0 Å². The minimum absolute atomic E-state index is 0.0110. The molecule has 4 N–H and O–H groups in total. The van der Waals surface area contributed by atoms with Crippen LogP contribution in [0.4, 0.5) is 0 Å². The molecule has 1 aromatic rings. The molecule has 24 heavy (non-hydrogen) atoms. The van der Waals surface area contributed by atoms with Crippen molar-refractivity contribution in [1.29, 1.82) is 0 Å². The van der Waals surface area contributed by atoms with Crippen LogP contribution >= 0.6 is 0 Å². The van der Waals surface area contributed by atoms with Crippen molar-refractivity contribution >= 4 is 11.8 Å². The van der Waals surface area contributed by atoms with Gasteiger partial charge in [-0.2, -0.15) is 0 Å². The molecule has 7 nitrogen and oxygen atoms in total. The van der Waals surface area contributed by atoms with Crippen molar-refractivity contribution in [3.63, 3.8) is 0 Å². The maximum Gasteiger partial charge on any atom is 0.237 e. The van der Waals surface area contributed by atoms with Gasteiger partial charge in [-0.05, 0) is 12.0 Å². The normalized spacial score (nSPS) is 18.5. The molecule has 1 atom stereocenters. The fraction of sp³-hybridized carbons (Fsp3) is 0.529. The molecule has 0 bridgehead atoms. The molecule has 1 fully saturated rings. The van der Waals surface area contributed by atoms with Crippen LogP contribution in [0.3, 0.4) is 0 Å². The molecular formula is C17H25N3O4. The number of hydrogen-bond acceptors (Lipinski definition) is 5. The van der Waals surface area contributed by atoms with Crippen molar-refractivity contribution in [2.45, 2.75) is 24.9 Å². The van der Waals surface area contributed by atoms with Gasteiger partial charge in [0.05, 0.1) is 31.7 Å². The van der Waals surface area contributed by atoms with Gasteiger partial charge in [0.25, 0.3) is 0 Å². The Hall–Kier alpha value is -1.96. The van der Waals surface area contributed by atoms with E-state index in [-0.39, 0.29) is 31.4 Å². The fourth-order valence-electron chi connectivity index (χ4n) is 2.78. The number of nitrogens with zero attached hydrogens (tertiary/aromatic N) is 1. The third-order valence-corrected chi connectivity index (χ3v) is 4.16. The first kappa shape index (κ1) is 18.4. The highest BCUT2D eigenvalue weighted by molar-refractivity contribution is 5.88. The highest BCUT2D eigenvalue weighted by Crippen LogP contribution is 2.11. The number of piperazine rings is 1. The Morgan fingerprint density at radius 2 is 2.00 bits per heavy atom. The summed E-state index contributed by atoms with van der Waals surface area (Å²) in [7, 11) is 0. The highest BCUT2D eigenvalue weighted by Gasteiger charge is 2.31. The Bertz CT molecular complexity index is 534. The van der Waals surface area contributed by atoms with Crippen molar-refractivity contribution in [2.24, 2.45) is 0 Å². The fourth-order valence-corrected chi connectivity index (χ4v) is 2.78. The first-order chi connectivity index (χ1) is 11.6. The van der Waals surface area contributed by atoms with Crippen molar-refractivity contribution in [2.75, 3.05) is 32.8 Å². The lowest BCUT2D eigenvalue weighted by atomic mass is 10.1. The van der Waals surface area contributed by atoms with Gasteiger partial charge in [-0.3, -0.25) is 14.5 Å². The van der Waals surface area contributed by atoms with Crippen molar-refractivity contribution in [1.82, 2.24) is 15.5 Å². The van der Waals surface area contributed by atoms with Gasteiger partial charge < -0.3 is 20.8 Å². The summed E-state index contributed by atoms with van der Waals surface area (Å²) < 4.78 is 0. The molecule has 1 aliphatic heterocycles. The molecule has 0 spiro atoms. The summed E-state index contributed by atoms with van der Waals surface area (Å²) in [4.78, 5) is 26.2. The average Bonchev–Trinajstić information content (AvgIpc) is 2.61. The van der Waals surface area contributed by atoms with Gasteiger partial charge in [-0.1, -0.05) is 30.3 Å². The van der Waals surface area contributed by atoms with Gasteiger partial charge in [0.2, 0.25) is 11.8 Å². The molecule has 0 radical (unpaired) electrons. The lowest BCUT2D eigenvalue weighted by Crippen LogP contribution is -2.57. The lowest BCUT2D eigenvalue weighted by Gasteiger charge is -2.34. The zero-order valence-electron chi connectivity index (χ0n) is 13.6. The van der Waals surface area contributed by atoms with Gasteiger partial charge in [0.15, 0.2) is 0 Å². The van der Waals surface area contributed by atoms with E-state index in [9.17, 15) is 9.59 Å². The Balaban J connectivity index is 1.93. The zero-order valence-corrected chi connectivity index (χ0v) is 13.6. The molecule has 2 rings (SSSR count). The van der Waals surface area contributed by atoms with E-state index < -0.39 is 12.1 Å². The van der Waals surface area contributed by atoms with Gasteiger partial charge in [0.1, 0.15) is 0 Å². The Morgan fingerprint density at radius 1 is 1.29 bits per heavy atom. The number of benzene rings is 1. The van der Waals surface area contributed by atoms with Crippen LogP contribution in [0, 0.1) is 0 Å². The van der Waals surface area contributed by atoms with E-state index in [1.807, 2.05) is 35.2 Å². The van der Waals surface area contributed by atoms with Crippen molar-refractivity contribution in [3.8, 4) is 0 Å². The summed E-state index contributed by atoms with van der Waals surface area (Å²) in [6, 6.07) is 8.78. The summed E-state index contributed by atoms with van der Waals surface area (Å²) in [6.45, 7) is 1.29. The molecule has 1 heterocycles. The minimum Gasteiger partial charge on any atom is -0.394 e. The summed E-state index contributed by atoms with van der Waals surface area (Å²) in [5.41, 5.74) is 1.19. The van der Waals surface area contributed by atoms with Crippen LogP contribution in [-0.2, 0) is 16.0 Å². The molecule has 0 unspecified atom stereocenters. The molecule has 1 aliphatic rings. The van der Waals surface area contributed by atoms with Gasteiger partial charge in [0, 0.05) is 19.6 Å². The lowest BCUT2D eigenvalue weighted by molar-refractivity contribution is -0.134. The highest BCUT2D eigenvalue weighted by atomic mass is 16.3. The zero-order chi connectivity index (χ0) is 17.4. The van der Waals surface area contributed by atoms with E-state index in [0.29, 0.717) is 19.6 Å². The van der Waals surface area contributed by atoms with Crippen LogP contribution in [0.2, 0.25) is 0 Å². The van der Waals surface area contributed by atoms with Crippen LogP contribution in [-0.4, -0.2) is 71.9 Å². The molecule has 1 aromatic carbocycles. The standard InChI is InChI=1S/C17H25N3O4/c21-11-14(12-22)19-16(23)10-15-17(24)18-7-9-20(15)8-6-13-4-2-1-3-5-13/h1-5,14-15,21-22H,6-12H2,(H,18,24)(H,19,23)/t15-/m1/s1. The molecule has 0 aromatic heterocycles. The number of nitrogens with one attached hydrogen (secondary N) is 2. The topological polar surface area (TPSA) is 102 Å². The summed E-state index contributed by atoms with van der Waals surface area (Å²) >= 11 is 0. The van der Waals surface area contributed by atoms with E-state index in [1.165, 1.54) is 5.56 Å². The van der Waals surface area contributed by atoms with E-state index >= 15 is 0 Å². The van der Waals surface area contributed by atoms with Crippen LogP contribution in [0.25, 0.3) is 0 Å². The van der Waals surface area contributed by atoms with Crippen molar-refractivity contribution < 1.29 is 19.8 Å². The largest absolute Gasteiger partial charge is 0.394 e. The minimum atomic E-state index is -0.693. The first-order valence-electron chi connectivity index (χ1n) is 8.20. The molecule has 132 valence electrons. The van der Waals surface area contributed by atoms with Crippen LogP contribution < -0.4 is 10.6 Å². The monoisotopic (exact) mass is 335 g/mol. The number of aliphatic hydroxyl groups is 2. The maximum atomic E-state index is 12.1. The summed E-state index contributed by atoms with van der Waals surface area (Å²) in [5.74, 6) is -0.510. The molecular weight excluding hydrogens is 310 g/mol. The Kier molecular flexibility index (Phi) is 7.17. The van der Waals surface area contributed by atoms with Crippen molar-refractivity contribution in [3.05, 3.63) is 35.9 Å². The maximum absolute atomic E-state index is 12.1. The van der Waals surface area contributed by atoms with E-state index in [0.717, 1.165) is 6.42 Å². The third kappa shape index (κ3) is 5.30. The third-order valence-electron chi connectivity index (χ3n) is 4.16. The molecule has 2 amide bonds. The second-order valence-electron chi connectivity index (χ2n) is 5.91. The smallest absolute Gasteiger partial charge is 0.237 e. The molecule has 7 heteroatoms. The molecule has 0 aliphatic carbocycles. The second kappa shape index (κ2) is 9.36. The van der Waals surface area contributed by atoms with Gasteiger partial charge in [-0.15, -0.1) is 0 Å². The quantitative estimate of drug-likeness (QED) is 0.482. The van der Waals surface area contributed by atoms with E-state index in [2.05, 4.69) is 10.6 Å². The Morgan fingerprint density at radius 3 is 2.67 bits per heavy atom. The summed E-state index contributed by atoms with van der Waals surface area (Å²) in [5, 5.41) is 23.4. The second-order valence-corrected chi connectivity index (χ2v) is 5.91. The van der Waals surface area contributed by atoms with Crippen LogP contribution in [0.15, 0.2) is 30.3 Å². The van der Waals surface area contributed by atoms with E-state index in [4.69, 9.17) is 10.2 Å². The van der Waals surface area contributed by atoms with Gasteiger partial charge in [-0.25, -0.2) is 0 Å². The SMILES string of the molecule is O=C(C[C@@H]1C(=O)NCCN1CCc1ccccc1)NC(CO)CO. The number of carbonyl (C=O) groups is 2. The summed E-state index contributed by atoms with van der Waals surface area (Å²) in [6.07, 6.45) is 0.819. The number of hydrogen-bond donors (Lipinski definition) is 4. The first-order valence-corrected chi connectivity index (χ1v) is 8.20. The average molecular weight is 335 g/mol. The number of aliphatic hydroxyl groups excluding tert-OH is 2. The van der Waals surface area contributed by atoms with Gasteiger partial charge >= 0.3 is 0 Å². The predicted octanol–water partition coefficient (Wildman–Crippen LogP) is -1.11. The number of carbonyl (C=O) groups excluding carboxylic acids is 2. The molecule has 1 saturated heterocycles. The van der Waals surface area contributed by atoms with Crippen LogP contribution in [0.1, 0.15) is 12.0 Å². The Labute approximate surface area is 141 Å². The number of rotatable bonds is 8. The number of amides is 2. The van der Waals surface area contributed by atoms with Crippen LogP contribution in [0.5, 0.6) is 0 Å². The predicted molar refractivity (Wildman–Crippen MR) is 89.2 cm³/mol.